The zero-order chi connectivity index (χ0) is 21.3. The molecule has 29 heavy (non-hydrogen) atoms. The monoisotopic (exact) mass is 397 g/mol. The summed E-state index contributed by atoms with van der Waals surface area (Å²) in [6.07, 6.45) is 2.61. The van der Waals surface area contributed by atoms with Gasteiger partial charge in [-0.05, 0) is 55.5 Å². The van der Waals surface area contributed by atoms with Crippen molar-refractivity contribution in [2.75, 3.05) is 17.4 Å². The van der Waals surface area contributed by atoms with Gasteiger partial charge in [0.1, 0.15) is 5.69 Å². The first-order valence-corrected chi connectivity index (χ1v) is 9.20. The molecule has 0 saturated carbocycles. The van der Waals surface area contributed by atoms with Gasteiger partial charge in [-0.15, -0.1) is 0 Å². The van der Waals surface area contributed by atoms with E-state index in [1.54, 1.807) is 6.21 Å². The van der Waals surface area contributed by atoms with Crippen LogP contribution in [0, 0.1) is 20.2 Å². The van der Waals surface area contributed by atoms with E-state index >= 15 is 0 Å². The van der Waals surface area contributed by atoms with Gasteiger partial charge >= 0.3 is 5.69 Å². The smallest absolute Gasteiger partial charge is 0.301 e. The normalized spacial score (nSPS) is 17.8. The Balaban J connectivity index is 1.83. The molecule has 0 unspecified atom stereocenters. The number of hydrogen-bond donors (Lipinski definition) is 1. The van der Waals surface area contributed by atoms with E-state index in [0.717, 1.165) is 18.1 Å². The Bertz CT molecular complexity index is 1000. The molecular weight excluding hydrogens is 374 g/mol. The van der Waals surface area contributed by atoms with Gasteiger partial charge in [-0.1, -0.05) is 13.0 Å². The predicted molar refractivity (Wildman–Crippen MR) is 113 cm³/mol. The topological polar surface area (TPSA) is 114 Å². The highest BCUT2D eigenvalue weighted by atomic mass is 16.6. The van der Waals surface area contributed by atoms with Crippen LogP contribution in [0.15, 0.2) is 41.5 Å². The number of nitro groups is 2. The highest BCUT2D eigenvalue weighted by Crippen LogP contribution is 2.42. The van der Waals surface area contributed by atoms with Crippen molar-refractivity contribution in [3.63, 3.8) is 0 Å². The van der Waals surface area contributed by atoms with E-state index in [4.69, 9.17) is 0 Å². The molecular formula is C20H23N5O4. The number of hydrazone groups is 1. The second kappa shape index (κ2) is 7.50. The van der Waals surface area contributed by atoms with E-state index < -0.39 is 15.5 Å². The summed E-state index contributed by atoms with van der Waals surface area (Å²) in [4.78, 5) is 22.9. The van der Waals surface area contributed by atoms with Crippen molar-refractivity contribution < 1.29 is 9.85 Å². The average Bonchev–Trinajstić information content (AvgIpc) is 2.66. The second-order valence-electron chi connectivity index (χ2n) is 7.88. The van der Waals surface area contributed by atoms with Crippen LogP contribution in [0.2, 0.25) is 0 Å². The summed E-state index contributed by atoms with van der Waals surface area (Å²) in [7, 11) is 2.09. The lowest BCUT2D eigenvalue weighted by molar-refractivity contribution is -0.393. The van der Waals surface area contributed by atoms with Gasteiger partial charge in [-0.3, -0.25) is 25.7 Å². The van der Waals surface area contributed by atoms with Crippen LogP contribution in [0.25, 0.3) is 0 Å². The minimum atomic E-state index is -0.678. The highest BCUT2D eigenvalue weighted by Gasteiger charge is 2.33. The average molecular weight is 397 g/mol. The zero-order valence-corrected chi connectivity index (χ0v) is 16.7. The van der Waals surface area contributed by atoms with E-state index in [1.165, 1.54) is 23.4 Å². The van der Waals surface area contributed by atoms with Crippen molar-refractivity contribution >= 4 is 29.0 Å². The summed E-state index contributed by atoms with van der Waals surface area (Å²) in [5.74, 6) is 0.397. The van der Waals surface area contributed by atoms with Crippen molar-refractivity contribution in [2.45, 2.75) is 38.6 Å². The molecule has 0 amide bonds. The van der Waals surface area contributed by atoms with Gasteiger partial charge in [0, 0.05) is 24.3 Å². The third kappa shape index (κ3) is 4.03. The molecule has 1 aliphatic heterocycles. The fourth-order valence-corrected chi connectivity index (χ4v) is 3.73. The lowest BCUT2D eigenvalue weighted by Crippen LogP contribution is -2.45. The van der Waals surface area contributed by atoms with Crippen molar-refractivity contribution in [3.8, 4) is 0 Å². The first-order chi connectivity index (χ1) is 13.6. The van der Waals surface area contributed by atoms with Crippen molar-refractivity contribution in [1.29, 1.82) is 0 Å². The number of fused-ring (bicyclic) bond motifs is 1. The molecule has 1 N–H and O–H groups in total. The van der Waals surface area contributed by atoms with Crippen LogP contribution in [0.5, 0.6) is 0 Å². The van der Waals surface area contributed by atoms with Crippen LogP contribution in [-0.2, 0) is 0 Å². The van der Waals surface area contributed by atoms with Crippen molar-refractivity contribution in [3.05, 3.63) is 67.8 Å². The first-order valence-electron chi connectivity index (χ1n) is 9.20. The Hall–Kier alpha value is -3.49. The molecule has 0 radical (unpaired) electrons. The molecule has 1 aliphatic rings. The van der Waals surface area contributed by atoms with Crippen LogP contribution in [-0.4, -0.2) is 28.6 Å². The molecule has 9 nitrogen and oxygen atoms in total. The minimum absolute atomic E-state index is 0.0818. The zero-order valence-electron chi connectivity index (χ0n) is 16.7. The minimum Gasteiger partial charge on any atom is -0.369 e. The van der Waals surface area contributed by atoms with Gasteiger partial charge in [0.05, 0.1) is 22.1 Å². The first kappa shape index (κ1) is 20.2. The van der Waals surface area contributed by atoms with Crippen LogP contribution in [0.4, 0.5) is 22.7 Å². The van der Waals surface area contributed by atoms with Gasteiger partial charge in [0.25, 0.3) is 5.69 Å². The molecule has 0 aliphatic carbocycles. The van der Waals surface area contributed by atoms with Crippen LogP contribution in [0.1, 0.15) is 44.2 Å². The summed E-state index contributed by atoms with van der Waals surface area (Å²) in [6, 6.07) is 9.46. The summed E-state index contributed by atoms with van der Waals surface area (Å²) in [5, 5.41) is 26.1. The molecule has 2 aromatic rings. The van der Waals surface area contributed by atoms with Gasteiger partial charge in [0.15, 0.2) is 0 Å². The summed E-state index contributed by atoms with van der Waals surface area (Å²) in [5.41, 5.74) is 5.32. The molecule has 1 heterocycles. The SMILES string of the molecule is C[C@H]1CC(C)(C)N(C)c2ccc(/C=N\Nc3ccc([N+](=O)[O-])cc3[N+](=O)[O-])cc21. The third-order valence-corrected chi connectivity index (χ3v) is 5.45. The van der Waals surface area contributed by atoms with E-state index in [0.29, 0.717) is 5.92 Å². The standard InChI is InChI=1S/C20H23N5O4/c1-13-11-20(2,3)23(4)18-8-5-14(9-16(13)18)12-21-22-17-7-6-15(24(26)27)10-19(17)25(28)29/h5-10,12-13,22H,11H2,1-4H3/b21-12-/t13-/m0/s1. The molecule has 0 aromatic heterocycles. The lowest BCUT2D eigenvalue weighted by Gasteiger charge is -2.45. The Kier molecular flexibility index (Phi) is 5.23. The molecule has 1 atom stereocenters. The maximum Gasteiger partial charge on any atom is 0.301 e. The fourth-order valence-electron chi connectivity index (χ4n) is 3.73. The molecule has 0 saturated heterocycles. The molecule has 3 rings (SSSR count). The Morgan fingerprint density at radius 1 is 1.17 bits per heavy atom. The van der Waals surface area contributed by atoms with Crippen molar-refractivity contribution in [2.24, 2.45) is 5.10 Å². The second-order valence-corrected chi connectivity index (χ2v) is 7.88. The molecule has 0 spiro atoms. The van der Waals surface area contributed by atoms with Gasteiger partial charge in [-0.2, -0.15) is 5.10 Å². The van der Waals surface area contributed by atoms with Crippen molar-refractivity contribution in [1.82, 2.24) is 0 Å². The number of rotatable bonds is 5. The fraction of sp³-hybridized carbons (Fsp3) is 0.350. The molecule has 0 fully saturated rings. The van der Waals surface area contributed by atoms with Crippen LogP contribution in [0.3, 0.4) is 0 Å². The predicted octanol–water partition coefficient (Wildman–Crippen LogP) is 4.67. The Morgan fingerprint density at radius 3 is 2.55 bits per heavy atom. The maximum atomic E-state index is 11.2. The third-order valence-electron chi connectivity index (χ3n) is 5.45. The van der Waals surface area contributed by atoms with E-state index in [2.05, 4.69) is 55.4 Å². The Labute approximate surface area is 168 Å². The maximum absolute atomic E-state index is 11.2. The summed E-state index contributed by atoms with van der Waals surface area (Å²) < 4.78 is 0. The summed E-state index contributed by atoms with van der Waals surface area (Å²) in [6.45, 7) is 6.65. The number of anilines is 2. The number of hydrogen-bond acceptors (Lipinski definition) is 7. The molecule has 0 bridgehead atoms. The Morgan fingerprint density at radius 2 is 1.90 bits per heavy atom. The number of nitrogens with one attached hydrogen (secondary N) is 1. The number of non-ortho nitro benzene ring substituents is 1. The van der Waals surface area contributed by atoms with Crippen LogP contribution >= 0.6 is 0 Å². The molecule has 9 heteroatoms. The summed E-state index contributed by atoms with van der Waals surface area (Å²) >= 11 is 0. The number of benzene rings is 2. The lowest BCUT2D eigenvalue weighted by atomic mass is 9.80. The van der Waals surface area contributed by atoms with Gasteiger partial charge in [0.2, 0.25) is 0 Å². The highest BCUT2D eigenvalue weighted by molar-refractivity contribution is 5.82. The van der Waals surface area contributed by atoms with E-state index in [1.807, 2.05) is 6.07 Å². The molecule has 152 valence electrons. The largest absolute Gasteiger partial charge is 0.369 e. The van der Waals surface area contributed by atoms with Gasteiger partial charge < -0.3 is 4.90 Å². The van der Waals surface area contributed by atoms with E-state index in [-0.39, 0.29) is 16.9 Å². The quantitative estimate of drug-likeness (QED) is 0.445. The number of nitrogens with zero attached hydrogens (tertiary/aromatic N) is 4. The number of nitro benzene ring substituents is 2. The van der Waals surface area contributed by atoms with E-state index in [9.17, 15) is 20.2 Å². The van der Waals surface area contributed by atoms with Gasteiger partial charge in [-0.25, -0.2) is 0 Å². The van der Waals surface area contributed by atoms with Crippen LogP contribution < -0.4 is 10.3 Å². The molecule has 2 aromatic carbocycles.